The van der Waals surface area contributed by atoms with Crippen LogP contribution >= 0.6 is 11.8 Å². The molecule has 0 heterocycles. The van der Waals surface area contributed by atoms with Gasteiger partial charge in [0.25, 0.3) is 0 Å². The first-order chi connectivity index (χ1) is 5.24. The van der Waals surface area contributed by atoms with Crippen LogP contribution in [0.1, 0.15) is 26.7 Å². The van der Waals surface area contributed by atoms with Gasteiger partial charge in [0.1, 0.15) is 5.78 Å². The third kappa shape index (κ3) is 3.06. The zero-order valence-corrected chi connectivity index (χ0v) is 8.03. The molecule has 11 heavy (non-hydrogen) atoms. The molecule has 2 nitrogen and oxygen atoms in total. The maximum Gasteiger partial charge on any atom is 0.153 e. The van der Waals surface area contributed by atoms with Gasteiger partial charge in [-0.3, -0.25) is 9.59 Å². The lowest BCUT2D eigenvalue weighted by molar-refractivity contribution is -0.121. The first kappa shape index (κ1) is 10.7. The van der Waals surface area contributed by atoms with Gasteiger partial charge in [-0.05, 0) is 6.26 Å². The standard InChI is InChI=1S/C6H8O2S.C2H6/c1-9-6-3-4(7)2-5(6)8;1-2/h6H,2-3H2,1H3;1-2H3. The third-order valence-electron chi connectivity index (χ3n) is 1.43. The minimum absolute atomic E-state index is 0.0301. The normalized spacial score (nSPS) is 23.0. The molecular weight excluding hydrogens is 160 g/mol. The number of ketones is 2. The first-order valence-electron chi connectivity index (χ1n) is 3.81. The summed E-state index contributed by atoms with van der Waals surface area (Å²) in [5.74, 6) is 0.201. The van der Waals surface area contributed by atoms with E-state index in [1.807, 2.05) is 20.1 Å². The molecule has 3 heteroatoms. The first-order valence-corrected chi connectivity index (χ1v) is 5.10. The van der Waals surface area contributed by atoms with Gasteiger partial charge >= 0.3 is 0 Å². The van der Waals surface area contributed by atoms with Crippen LogP contribution in [0.25, 0.3) is 0 Å². The fourth-order valence-corrected chi connectivity index (χ4v) is 1.61. The highest BCUT2D eigenvalue weighted by Gasteiger charge is 2.29. The molecule has 1 fully saturated rings. The SMILES string of the molecule is CC.CSC1CC(=O)CC1=O. The van der Waals surface area contributed by atoms with Gasteiger partial charge < -0.3 is 0 Å². The Bertz CT molecular complexity index is 154. The molecule has 1 unspecified atom stereocenters. The number of thioether (sulfide) groups is 1. The zero-order chi connectivity index (χ0) is 8.85. The van der Waals surface area contributed by atoms with Crippen LogP contribution in [-0.2, 0) is 9.59 Å². The lowest BCUT2D eigenvalue weighted by atomic mass is 10.3. The van der Waals surface area contributed by atoms with Crippen molar-refractivity contribution in [3.05, 3.63) is 0 Å². The highest BCUT2D eigenvalue weighted by molar-refractivity contribution is 8.00. The summed E-state index contributed by atoms with van der Waals surface area (Å²) in [6, 6.07) is 0. The topological polar surface area (TPSA) is 34.1 Å². The predicted octanol–water partition coefficient (Wildman–Crippen LogP) is 1.68. The van der Waals surface area contributed by atoms with E-state index >= 15 is 0 Å². The molecule has 1 atom stereocenters. The average Bonchev–Trinajstić information content (AvgIpc) is 2.33. The van der Waals surface area contributed by atoms with E-state index < -0.39 is 0 Å². The molecule has 1 rings (SSSR count). The van der Waals surface area contributed by atoms with Gasteiger partial charge in [-0.25, -0.2) is 0 Å². The Balaban J connectivity index is 0.000000461. The molecule has 0 aliphatic heterocycles. The monoisotopic (exact) mass is 174 g/mol. The molecule has 1 aliphatic carbocycles. The zero-order valence-electron chi connectivity index (χ0n) is 7.22. The molecule has 0 bridgehead atoms. The van der Waals surface area contributed by atoms with Crippen LogP contribution in [0.5, 0.6) is 0 Å². The second-order valence-corrected chi connectivity index (χ2v) is 3.15. The Kier molecular flexibility index (Phi) is 5.20. The average molecular weight is 174 g/mol. The van der Waals surface area contributed by atoms with E-state index in [0.29, 0.717) is 6.42 Å². The summed E-state index contributed by atoms with van der Waals surface area (Å²) in [6.07, 6.45) is 2.49. The number of rotatable bonds is 1. The Morgan fingerprint density at radius 1 is 1.36 bits per heavy atom. The number of Topliss-reactive ketones (excluding diaryl/α,β-unsaturated/α-hetero) is 2. The Labute approximate surface area is 71.7 Å². The summed E-state index contributed by atoms with van der Waals surface area (Å²) in [6.45, 7) is 4.00. The molecule has 0 aromatic carbocycles. The molecule has 0 aromatic rings. The largest absolute Gasteiger partial charge is 0.299 e. The molecule has 64 valence electrons. The summed E-state index contributed by atoms with van der Waals surface area (Å²) >= 11 is 1.47. The van der Waals surface area contributed by atoms with Crippen molar-refractivity contribution in [2.75, 3.05) is 6.26 Å². The van der Waals surface area contributed by atoms with Gasteiger partial charge in [-0.15, -0.1) is 0 Å². The summed E-state index contributed by atoms with van der Waals surface area (Å²) in [7, 11) is 0. The van der Waals surface area contributed by atoms with Gasteiger partial charge in [0, 0.05) is 6.42 Å². The summed E-state index contributed by atoms with van der Waals surface area (Å²) in [5, 5.41) is -0.0301. The second-order valence-electron chi connectivity index (χ2n) is 2.11. The van der Waals surface area contributed by atoms with E-state index in [1.165, 1.54) is 11.8 Å². The van der Waals surface area contributed by atoms with Crippen LogP contribution in [0.3, 0.4) is 0 Å². The summed E-state index contributed by atoms with van der Waals surface area (Å²) < 4.78 is 0. The molecule has 0 amide bonds. The minimum atomic E-state index is -0.0301. The van der Waals surface area contributed by atoms with E-state index in [-0.39, 0.29) is 23.2 Å². The Morgan fingerprint density at radius 2 is 1.91 bits per heavy atom. The molecule has 0 radical (unpaired) electrons. The Hall–Kier alpha value is -0.310. The lowest BCUT2D eigenvalue weighted by Crippen LogP contribution is -2.06. The van der Waals surface area contributed by atoms with Crippen molar-refractivity contribution in [2.45, 2.75) is 31.9 Å². The van der Waals surface area contributed by atoms with Crippen molar-refractivity contribution in [3.63, 3.8) is 0 Å². The van der Waals surface area contributed by atoms with Crippen LogP contribution in [0.2, 0.25) is 0 Å². The number of hydrogen-bond donors (Lipinski definition) is 0. The van der Waals surface area contributed by atoms with E-state index in [4.69, 9.17) is 0 Å². The van der Waals surface area contributed by atoms with Crippen LogP contribution in [0.15, 0.2) is 0 Å². The van der Waals surface area contributed by atoms with E-state index in [2.05, 4.69) is 0 Å². The second kappa shape index (κ2) is 5.35. The van der Waals surface area contributed by atoms with E-state index in [9.17, 15) is 9.59 Å². The maximum atomic E-state index is 10.8. The molecule has 0 aromatic heterocycles. The van der Waals surface area contributed by atoms with Gasteiger partial charge in [0.15, 0.2) is 5.78 Å². The van der Waals surface area contributed by atoms with Crippen LogP contribution in [-0.4, -0.2) is 23.1 Å². The fourth-order valence-electron chi connectivity index (χ4n) is 0.916. The molecule has 0 spiro atoms. The molecular formula is C8H14O2S. The highest BCUT2D eigenvalue weighted by atomic mass is 32.2. The molecule has 0 saturated heterocycles. The fraction of sp³-hybridized carbons (Fsp3) is 0.750. The third-order valence-corrected chi connectivity index (χ3v) is 2.43. The predicted molar refractivity (Wildman–Crippen MR) is 47.9 cm³/mol. The van der Waals surface area contributed by atoms with Gasteiger partial charge in [-0.2, -0.15) is 11.8 Å². The van der Waals surface area contributed by atoms with Crippen molar-refractivity contribution in [1.82, 2.24) is 0 Å². The summed E-state index contributed by atoms with van der Waals surface area (Å²) in [4.78, 5) is 21.4. The van der Waals surface area contributed by atoms with Gasteiger partial charge in [0.2, 0.25) is 0 Å². The van der Waals surface area contributed by atoms with Gasteiger partial charge in [-0.1, -0.05) is 13.8 Å². The summed E-state index contributed by atoms with van der Waals surface area (Å²) in [5.41, 5.74) is 0. The van der Waals surface area contributed by atoms with Crippen molar-refractivity contribution in [1.29, 1.82) is 0 Å². The van der Waals surface area contributed by atoms with Crippen molar-refractivity contribution in [2.24, 2.45) is 0 Å². The number of carbonyl (C=O) groups is 2. The molecule has 1 aliphatic rings. The van der Waals surface area contributed by atoms with E-state index in [1.54, 1.807) is 0 Å². The minimum Gasteiger partial charge on any atom is -0.299 e. The lowest BCUT2D eigenvalue weighted by Gasteiger charge is -1.97. The van der Waals surface area contributed by atoms with Crippen LogP contribution in [0.4, 0.5) is 0 Å². The number of carbonyl (C=O) groups excluding carboxylic acids is 2. The quantitative estimate of drug-likeness (QED) is 0.567. The van der Waals surface area contributed by atoms with Crippen LogP contribution < -0.4 is 0 Å². The van der Waals surface area contributed by atoms with E-state index in [0.717, 1.165) is 0 Å². The van der Waals surface area contributed by atoms with Gasteiger partial charge in [0.05, 0.1) is 11.7 Å². The molecule has 0 N–H and O–H groups in total. The Morgan fingerprint density at radius 3 is 2.09 bits per heavy atom. The van der Waals surface area contributed by atoms with Crippen molar-refractivity contribution >= 4 is 23.3 Å². The smallest absolute Gasteiger partial charge is 0.153 e. The number of hydrogen-bond acceptors (Lipinski definition) is 3. The molecule has 1 saturated carbocycles. The van der Waals surface area contributed by atoms with Crippen LogP contribution in [0, 0.1) is 0 Å². The van der Waals surface area contributed by atoms with Crippen molar-refractivity contribution < 1.29 is 9.59 Å². The maximum absolute atomic E-state index is 10.8. The highest BCUT2D eigenvalue weighted by Crippen LogP contribution is 2.21. The van der Waals surface area contributed by atoms with Crippen molar-refractivity contribution in [3.8, 4) is 0 Å².